The van der Waals surface area contributed by atoms with Gasteiger partial charge in [-0.05, 0) is 36.2 Å². The molecule has 0 saturated heterocycles. The average Bonchev–Trinajstić information content (AvgIpc) is 2.72. The number of halogens is 1. The molecule has 7 nitrogen and oxygen atoms in total. The first-order chi connectivity index (χ1) is 14.4. The Bertz CT molecular complexity index is 840. The lowest BCUT2D eigenvalue weighted by atomic mass is 9.96. The first-order valence-electron chi connectivity index (χ1n) is 9.56. The van der Waals surface area contributed by atoms with E-state index in [-0.39, 0.29) is 13.0 Å². The van der Waals surface area contributed by atoms with Crippen LogP contribution < -0.4 is 5.32 Å². The molecule has 8 heteroatoms. The van der Waals surface area contributed by atoms with Gasteiger partial charge in [0.1, 0.15) is 0 Å². The molecule has 160 valence electrons. The van der Waals surface area contributed by atoms with Crippen LogP contribution in [-0.4, -0.2) is 36.0 Å². The Balaban J connectivity index is 1.95. The minimum atomic E-state index is -1.05. The number of esters is 1. The van der Waals surface area contributed by atoms with Gasteiger partial charge in [0.15, 0.2) is 0 Å². The summed E-state index contributed by atoms with van der Waals surface area (Å²) < 4.78 is 10.5. The normalized spacial score (nSPS) is 12.5. The summed E-state index contributed by atoms with van der Waals surface area (Å²) in [6, 6.07) is 15.1. The van der Waals surface area contributed by atoms with E-state index in [9.17, 15) is 14.4 Å². The number of benzene rings is 2. The molecule has 2 aromatic rings. The summed E-state index contributed by atoms with van der Waals surface area (Å²) >= 11 is 5.87. The van der Waals surface area contributed by atoms with Crippen LogP contribution in [0.1, 0.15) is 48.0 Å². The van der Waals surface area contributed by atoms with Gasteiger partial charge in [-0.3, -0.25) is 4.79 Å². The molecule has 2 rings (SSSR count). The van der Waals surface area contributed by atoms with Gasteiger partial charge in [-0.15, -0.1) is 0 Å². The highest BCUT2D eigenvalue weighted by Gasteiger charge is 2.21. The minimum Gasteiger partial charge on any atom is -0.481 e. The summed E-state index contributed by atoms with van der Waals surface area (Å²) in [6.45, 7) is 1.91. The number of carbonyl (C=O) groups is 3. The minimum absolute atomic E-state index is 0.0399. The third-order valence-corrected chi connectivity index (χ3v) is 4.52. The number of rotatable bonds is 10. The number of hydrogen-bond acceptors (Lipinski definition) is 5. The third kappa shape index (κ3) is 7.75. The van der Waals surface area contributed by atoms with Crippen molar-refractivity contribution in [3.05, 3.63) is 70.7 Å². The molecule has 0 saturated carbocycles. The number of aliphatic carboxylic acids is 1. The fourth-order valence-electron chi connectivity index (χ4n) is 2.76. The molecular weight excluding hydrogens is 410 g/mol. The molecule has 0 fully saturated rings. The molecule has 2 atom stereocenters. The zero-order valence-corrected chi connectivity index (χ0v) is 17.3. The summed E-state index contributed by atoms with van der Waals surface area (Å²) in [5.41, 5.74) is 1.08. The lowest BCUT2D eigenvalue weighted by molar-refractivity contribution is -0.137. The number of carboxylic acid groups (broad SMARTS) is 1. The molecule has 0 spiro atoms. The quantitative estimate of drug-likeness (QED) is 0.419. The Morgan fingerprint density at radius 2 is 1.70 bits per heavy atom. The number of hydrogen-bond donors (Lipinski definition) is 2. The maximum absolute atomic E-state index is 12.2. The van der Waals surface area contributed by atoms with Gasteiger partial charge in [0.25, 0.3) is 0 Å². The fraction of sp³-hybridized carbons (Fsp3) is 0.318. The van der Waals surface area contributed by atoms with Gasteiger partial charge in [-0.2, -0.15) is 0 Å². The lowest BCUT2D eigenvalue weighted by Gasteiger charge is -2.20. The van der Waals surface area contributed by atoms with Crippen LogP contribution >= 0.6 is 11.6 Å². The number of nitrogens with one attached hydrogen (secondary N) is 1. The van der Waals surface area contributed by atoms with Gasteiger partial charge in [-0.25, -0.2) is 9.59 Å². The molecule has 0 heterocycles. The fourth-order valence-corrected chi connectivity index (χ4v) is 2.89. The van der Waals surface area contributed by atoms with Crippen molar-refractivity contribution >= 4 is 29.6 Å². The molecular formula is C22H24ClNO6. The monoisotopic (exact) mass is 433 g/mol. The van der Waals surface area contributed by atoms with Crippen molar-refractivity contribution in [1.82, 2.24) is 5.32 Å². The second-order valence-electron chi connectivity index (χ2n) is 6.62. The van der Waals surface area contributed by atoms with E-state index in [1.54, 1.807) is 54.6 Å². The molecule has 0 aliphatic carbocycles. The van der Waals surface area contributed by atoms with Crippen LogP contribution in [0.3, 0.4) is 0 Å². The van der Waals surface area contributed by atoms with Gasteiger partial charge in [0.05, 0.1) is 12.0 Å². The van der Waals surface area contributed by atoms with Crippen molar-refractivity contribution in [2.24, 2.45) is 0 Å². The topological polar surface area (TPSA) is 102 Å². The van der Waals surface area contributed by atoms with Gasteiger partial charge >= 0.3 is 18.0 Å². The molecule has 30 heavy (non-hydrogen) atoms. The van der Waals surface area contributed by atoms with Crippen molar-refractivity contribution in [3.63, 3.8) is 0 Å². The van der Waals surface area contributed by atoms with Gasteiger partial charge in [0.2, 0.25) is 6.29 Å². The summed E-state index contributed by atoms with van der Waals surface area (Å²) in [4.78, 5) is 35.6. The number of carboxylic acids is 1. The van der Waals surface area contributed by atoms with E-state index in [1.807, 2.05) is 6.92 Å². The summed E-state index contributed by atoms with van der Waals surface area (Å²) in [5.74, 6) is -2.05. The second kappa shape index (κ2) is 11.8. The van der Waals surface area contributed by atoms with Crippen LogP contribution in [0.15, 0.2) is 54.6 Å². The standard InChI is InChI=1S/C22H24ClNO6/c1-2-6-20(29-21(27)16-7-4-3-5-8-16)30-22(28)24-14-17(13-19(25)26)15-9-11-18(23)12-10-15/h3-5,7-12,17,20H,2,6,13-14H2,1H3,(H,24,28)(H,25,26)/t17-,20?/m0/s1. The maximum Gasteiger partial charge on any atom is 0.410 e. The van der Waals surface area contributed by atoms with E-state index < -0.39 is 30.2 Å². The highest BCUT2D eigenvalue weighted by molar-refractivity contribution is 6.30. The Kier molecular flexibility index (Phi) is 9.15. The Morgan fingerprint density at radius 3 is 2.30 bits per heavy atom. The predicted molar refractivity (Wildman–Crippen MR) is 111 cm³/mol. The molecule has 0 aliphatic rings. The van der Waals surface area contributed by atoms with Crippen LogP contribution in [0.25, 0.3) is 0 Å². The van der Waals surface area contributed by atoms with Crippen molar-refractivity contribution < 1.29 is 29.0 Å². The average molecular weight is 434 g/mol. The van der Waals surface area contributed by atoms with Crippen molar-refractivity contribution in [2.75, 3.05) is 6.54 Å². The molecule has 1 amide bonds. The van der Waals surface area contributed by atoms with Crippen LogP contribution in [0.4, 0.5) is 4.79 Å². The molecule has 0 aliphatic heterocycles. The molecule has 0 bridgehead atoms. The largest absolute Gasteiger partial charge is 0.481 e. The van der Waals surface area contributed by atoms with Crippen molar-refractivity contribution in [2.45, 2.75) is 38.4 Å². The number of carbonyl (C=O) groups excluding carboxylic acids is 2. The van der Waals surface area contributed by atoms with Crippen LogP contribution in [0, 0.1) is 0 Å². The smallest absolute Gasteiger partial charge is 0.410 e. The zero-order valence-electron chi connectivity index (χ0n) is 16.5. The van der Waals surface area contributed by atoms with Crippen LogP contribution in [0.5, 0.6) is 0 Å². The molecule has 0 radical (unpaired) electrons. The number of alkyl carbamates (subject to hydrolysis) is 1. The van der Waals surface area contributed by atoms with E-state index in [0.717, 1.165) is 5.56 Å². The van der Waals surface area contributed by atoms with E-state index in [0.29, 0.717) is 23.4 Å². The van der Waals surface area contributed by atoms with E-state index in [2.05, 4.69) is 5.32 Å². The highest BCUT2D eigenvalue weighted by Crippen LogP contribution is 2.21. The van der Waals surface area contributed by atoms with Gasteiger partial charge in [-0.1, -0.05) is 48.9 Å². The predicted octanol–water partition coefficient (Wildman–Crippen LogP) is 4.61. The third-order valence-electron chi connectivity index (χ3n) is 4.27. The van der Waals surface area contributed by atoms with E-state index >= 15 is 0 Å². The first-order valence-corrected chi connectivity index (χ1v) is 9.94. The van der Waals surface area contributed by atoms with E-state index in [4.69, 9.17) is 26.2 Å². The first kappa shape index (κ1) is 23.2. The van der Waals surface area contributed by atoms with Crippen LogP contribution in [0.2, 0.25) is 5.02 Å². The number of ether oxygens (including phenoxy) is 2. The second-order valence-corrected chi connectivity index (χ2v) is 7.06. The highest BCUT2D eigenvalue weighted by atomic mass is 35.5. The SMILES string of the molecule is CCCC(OC(=O)NC[C@H](CC(=O)O)c1ccc(Cl)cc1)OC(=O)c1ccccc1. The summed E-state index contributed by atoms with van der Waals surface area (Å²) in [5, 5.41) is 12.2. The molecule has 0 aromatic heterocycles. The molecule has 2 aromatic carbocycles. The van der Waals surface area contributed by atoms with E-state index in [1.165, 1.54) is 0 Å². The summed E-state index contributed by atoms with van der Waals surface area (Å²) in [7, 11) is 0. The van der Waals surface area contributed by atoms with Crippen molar-refractivity contribution in [3.8, 4) is 0 Å². The maximum atomic E-state index is 12.2. The lowest BCUT2D eigenvalue weighted by Crippen LogP contribution is -2.34. The van der Waals surface area contributed by atoms with Gasteiger partial charge in [0, 0.05) is 23.9 Å². The van der Waals surface area contributed by atoms with Gasteiger partial charge < -0.3 is 19.9 Å². The zero-order chi connectivity index (χ0) is 21.9. The molecule has 2 N–H and O–H groups in total. The number of amides is 1. The van der Waals surface area contributed by atoms with Crippen molar-refractivity contribution in [1.29, 1.82) is 0 Å². The van der Waals surface area contributed by atoms with Crippen LogP contribution in [-0.2, 0) is 14.3 Å². The Morgan fingerprint density at radius 1 is 1.03 bits per heavy atom. The molecule has 1 unspecified atom stereocenters. The Labute approximate surface area is 179 Å². The Hall–Kier alpha value is -3.06. The summed E-state index contributed by atoms with van der Waals surface area (Å²) in [6.07, 6.45) is -1.05.